The van der Waals surface area contributed by atoms with E-state index in [0.717, 1.165) is 25.0 Å². The molecule has 1 fully saturated rings. The van der Waals surface area contributed by atoms with Crippen LogP contribution < -0.4 is 4.74 Å². The summed E-state index contributed by atoms with van der Waals surface area (Å²) >= 11 is 0. The van der Waals surface area contributed by atoms with Crippen LogP contribution in [0.15, 0.2) is 61.2 Å². The minimum atomic E-state index is -0.252. The van der Waals surface area contributed by atoms with Gasteiger partial charge in [-0.2, -0.15) is 0 Å². The molecule has 0 heterocycles. The summed E-state index contributed by atoms with van der Waals surface area (Å²) in [5.74, 6) is 2.21. The van der Waals surface area contributed by atoms with Gasteiger partial charge in [-0.1, -0.05) is 102 Å². The number of benzene rings is 2. The molecule has 0 spiro atoms. The predicted molar refractivity (Wildman–Crippen MR) is 144 cm³/mol. The fraction of sp³-hybridized carbons (Fsp3) is 0.562. The number of aliphatic hydroxyl groups is 1. The normalized spacial score (nSPS) is 23.0. The van der Waals surface area contributed by atoms with Crippen LogP contribution in [0.1, 0.15) is 102 Å². The molecule has 34 heavy (non-hydrogen) atoms. The summed E-state index contributed by atoms with van der Waals surface area (Å²) in [7, 11) is 0. The molecule has 4 atom stereocenters. The highest BCUT2D eigenvalue weighted by Gasteiger charge is 2.36. The average Bonchev–Trinajstić information content (AvgIpc) is 2.82. The second-order valence-electron chi connectivity index (χ2n) is 11.1. The van der Waals surface area contributed by atoms with Crippen molar-refractivity contribution in [3.63, 3.8) is 0 Å². The van der Waals surface area contributed by atoms with Crippen LogP contribution in [0.4, 0.5) is 0 Å². The zero-order valence-corrected chi connectivity index (χ0v) is 21.9. The molecule has 3 rings (SSSR count). The zero-order chi connectivity index (χ0) is 24.6. The van der Waals surface area contributed by atoms with Crippen molar-refractivity contribution in [2.24, 2.45) is 11.8 Å². The standard InChI is InChI=1S/C32H46O2/c1-6-8-9-13-19-32(4,5)26-17-18-29(30-22-27(33)20-24(3)28(30)14-7-2)31(21-26)34-23-25-15-11-10-12-16-25/h7,10-12,15-18,21,24,27-28,30,33H,2,6,8-9,13-14,19-20,22-23H2,1,3-5H3. The van der Waals surface area contributed by atoms with Gasteiger partial charge in [-0.05, 0) is 71.6 Å². The van der Waals surface area contributed by atoms with Crippen molar-refractivity contribution in [3.05, 3.63) is 77.9 Å². The summed E-state index contributed by atoms with van der Waals surface area (Å²) in [6.45, 7) is 13.9. The van der Waals surface area contributed by atoms with Gasteiger partial charge in [-0.3, -0.25) is 0 Å². The molecule has 0 bridgehead atoms. The summed E-state index contributed by atoms with van der Waals surface area (Å²) in [4.78, 5) is 0. The fourth-order valence-electron chi connectivity index (χ4n) is 5.77. The van der Waals surface area contributed by atoms with Crippen molar-refractivity contribution in [1.82, 2.24) is 0 Å². The Morgan fingerprint density at radius 3 is 2.53 bits per heavy atom. The van der Waals surface area contributed by atoms with E-state index in [9.17, 15) is 5.11 Å². The van der Waals surface area contributed by atoms with Crippen molar-refractivity contribution in [2.75, 3.05) is 0 Å². The molecule has 1 aliphatic carbocycles. The third kappa shape index (κ3) is 6.98. The quantitative estimate of drug-likeness (QED) is 0.253. The summed E-state index contributed by atoms with van der Waals surface area (Å²) in [5, 5.41) is 10.7. The molecule has 0 aromatic heterocycles. The van der Waals surface area contributed by atoms with E-state index >= 15 is 0 Å². The highest BCUT2D eigenvalue weighted by atomic mass is 16.5. The van der Waals surface area contributed by atoms with Gasteiger partial charge in [0.05, 0.1) is 6.10 Å². The van der Waals surface area contributed by atoms with Crippen LogP contribution >= 0.6 is 0 Å². The van der Waals surface area contributed by atoms with Gasteiger partial charge in [0.1, 0.15) is 12.4 Å². The van der Waals surface area contributed by atoms with E-state index in [1.54, 1.807) is 0 Å². The maximum absolute atomic E-state index is 10.7. The second-order valence-corrected chi connectivity index (χ2v) is 11.1. The third-order valence-corrected chi connectivity index (χ3v) is 7.94. The van der Waals surface area contributed by atoms with E-state index in [1.807, 2.05) is 12.1 Å². The largest absolute Gasteiger partial charge is 0.489 e. The Hall–Kier alpha value is -2.06. The molecular weight excluding hydrogens is 416 g/mol. The molecule has 4 unspecified atom stereocenters. The molecular formula is C32H46O2. The number of unbranched alkanes of at least 4 members (excludes halogenated alkanes) is 3. The predicted octanol–water partition coefficient (Wildman–Crippen LogP) is 8.58. The van der Waals surface area contributed by atoms with Gasteiger partial charge in [-0.15, -0.1) is 6.58 Å². The lowest BCUT2D eigenvalue weighted by Crippen LogP contribution is -2.32. The van der Waals surface area contributed by atoms with Crippen LogP contribution in [-0.4, -0.2) is 11.2 Å². The molecule has 0 saturated heterocycles. The lowest BCUT2D eigenvalue weighted by atomic mass is 9.67. The summed E-state index contributed by atoms with van der Waals surface area (Å²) in [6, 6.07) is 17.3. The Balaban J connectivity index is 1.92. The molecule has 2 nitrogen and oxygen atoms in total. The monoisotopic (exact) mass is 462 g/mol. The Labute approximate surface area is 208 Å². The third-order valence-electron chi connectivity index (χ3n) is 7.94. The molecule has 1 aliphatic rings. The first kappa shape index (κ1) is 26.5. The van der Waals surface area contributed by atoms with Gasteiger partial charge in [0.15, 0.2) is 0 Å². The first-order valence-electron chi connectivity index (χ1n) is 13.5. The fourth-order valence-corrected chi connectivity index (χ4v) is 5.77. The minimum absolute atomic E-state index is 0.108. The van der Waals surface area contributed by atoms with Crippen molar-refractivity contribution < 1.29 is 9.84 Å². The molecule has 1 saturated carbocycles. The highest BCUT2D eigenvalue weighted by Crippen LogP contribution is 2.47. The van der Waals surface area contributed by atoms with Gasteiger partial charge in [-0.25, -0.2) is 0 Å². The van der Waals surface area contributed by atoms with Crippen molar-refractivity contribution >= 4 is 0 Å². The van der Waals surface area contributed by atoms with Crippen LogP contribution in [0.5, 0.6) is 5.75 Å². The zero-order valence-electron chi connectivity index (χ0n) is 21.9. The summed E-state index contributed by atoms with van der Waals surface area (Å²) in [5.41, 5.74) is 3.88. The minimum Gasteiger partial charge on any atom is -0.489 e. The maximum Gasteiger partial charge on any atom is 0.123 e. The summed E-state index contributed by atoms with van der Waals surface area (Å²) < 4.78 is 6.54. The van der Waals surface area contributed by atoms with E-state index in [1.165, 1.54) is 48.8 Å². The molecule has 0 radical (unpaired) electrons. The number of rotatable bonds is 12. The summed E-state index contributed by atoms with van der Waals surface area (Å²) in [6.07, 6.45) is 10.8. The first-order chi connectivity index (χ1) is 16.4. The average molecular weight is 463 g/mol. The molecule has 2 aromatic rings. The highest BCUT2D eigenvalue weighted by molar-refractivity contribution is 5.43. The van der Waals surface area contributed by atoms with Crippen LogP contribution in [-0.2, 0) is 12.0 Å². The van der Waals surface area contributed by atoms with Gasteiger partial charge in [0, 0.05) is 0 Å². The Morgan fingerprint density at radius 2 is 1.82 bits per heavy atom. The van der Waals surface area contributed by atoms with E-state index in [-0.39, 0.29) is 17.4 Å². The van der Waals surface area contributed by atoms with Gasteiger partial charge < -0.3 is 9.84 Å². The first-order valence-corrected chi connectivity index (χ1v) is 13.5. The number of allylic oxidation sites excluding steroid dienone is 1. The van der Waals surface area contributed by atoms with Crippen molar-refractivity contribution in [2.45, 2.75) is 103 Å². The Morgan fingerprint density at radius 1 is 1.06 bits per heavy atom. The number of hydrogen-bond acceptors (Lipinski definition) is 2. The van der Waals surface area contributed by atoms with Gasteiger partial charge >= 0.3 is 0 Å². The van der Waals surface area contributed by atoms with E-state index in [0.29, 0.717) is 18.4 Å². The van der Waals surface area contributed by atoms with Crippen LogP contribution in [0, 0.1) is 11.8 Å². The molecule has 0 amide bonds. The van der Waals surface area contributed by atoms with Gasteiger partial charge in [0.25, 0.3) is 0 Å². The molecule has 2 heteroatoms. The van der Waals surface area contributed by atoms with E-state index in [4.69, 9.17) is 4.74 Å². The van der Waals surface area contributed by atoms with E-state index < -0.39 is 0 Å². The van der Waals surface area contributed by atoms with Crippen LogP contribution in [0.2, 0.25) is 0 Å². The number of ether oxygens (including phenoxy) is 1. The second kappa shape index (κ2) is 12.6. The van der Waals surface area contributed by atoms with E-state index in [2.05, 4.69) is 76.7 Å². The van der Waals surface area contributed by atoms with Crippen LogP contribution in [0.25, 0.3) is 0 Å². The van der Waals surface area contributed by atoms with Gasteiger partial charge in [0.2, 0.25) is 0 Å². The Kier molecular flexibility index (Phi) is 9.83. The molecule has 186 valence electrons. The van der Waals surface area contributed by atoms with Crippen molar-refractivity contribution in [3.8, 4) is 5.75 Å². The van der Waals surface area contributed by atoms with Crippen LogP contribution in [0.3, 0.4) is 0 Å². The smallest absolute Gasteiger partial charge is 0.123 e. The maximum atomic E-state index is 10.7. The number of hydrogen-bond donors (Lipinski definition) is 1. The SMILES string of the molecule is C=CCC1C(C)CC(O)CC1c1ccc(C(C)(C)CCCCCC)cc1OCc1ccccc1. The topological polar surface area (TPSA) is 29.5 Å². The van der Waals surface area contributed by atoms with Crippen molar-refractivity contribution in [1.29, 1.82) is 0 Å². The molecule has 0 aliphatic heterocycles. The Bertz CT molecular complexity index is 885. The lowest BCUT2D eigenvalue weighted by Gasteiger charge is -2.40. The molecule has 2 aromatic carbocycles. The lowest BCUT2D eigenvalue weighted by molar-refractivity contribution is 0.0592. The molecule has 1 N–H and O–H groups in total. The number of aliphatic hydroxyl groups excluding tert-OH is 1.